The van der Waals surface area contributed by atoms with Crippen LogP contribution in [-0.4, -0.2) is 88.6 Å². The van der Waals surface area contributed by atoms with Gasteiger partial charge in [-0.15, -0.1) is 11.8 Å². The van der Waals surface area contributed by atoms with E-state index in [0.29, 0.717) is 31.3 Å². The number of amides is 2. The summed E-state index contributed by atoms with van der Waals surface area (Å²) in [6.45, 7) is 5.82. The van der Waals surface area contributed by atoms with E-state index in [2.05, 4.69) is 4.90 Å². The van der Waals surface area contributed by atoms with Crippen LogP contribution in [0, 0.1) is 0 Å². The fourth-order valence-corrected chi connectivity index (χ4v) is 3.31. The zero-order valence-electron chi connectivity index (χ0n) is 12.0. The Morgan fingerprint density at radius 2 is 2.05 bits per heavy atom. The van der Waals surface area contributed by atoms with E-state index in [9.17, 15) is 14.7 Å². The third-order valence-corrected chi connectivity index (χ3v) is 4.76. The topological polar surface area (TPSA) is 64.1 Å². The number of aliphatic hydroxyl groups excluding tert-OH is 1. The van der Waals surface area contributed by atoms with E-state index in [0.717, 1.165) is 19.5 Å². The highest BCUT2D eigenvalue weighted by molar-refractivity contribution is 8.00. The highest BCUT2D eigenvalue weighted by Gasteiger charge is 2.27. The Bertz CT molecular complexity index is 359. The van der Waals surface area contributed by atoms with Gasteiger partial charge in [0.15, 0.2) is 0 Å². The van der Waals surface area contributed by atoms with Crippen LogP contribution in [0.1, 0.15) is 13.3 Å². The molecule has 0 aliphatic carbocycles. The fraction of sp³-hybridized carbons (Fsp3) is 0.846. The summed E-state index contributed by atoms with van der Waals surface area (Å²) in [5, 5.41) is 9.64. The van der Waals surface area contributed by atoms with Gasteiger partial charge in [0.05, 0.1) is 17.7 Å². The summed E-state index contributed by atoms with van der Waals surface area (Å²) in [4.78, 5) is 29.3. The minimum absolute atomic E-state index is 0.0385. The third kappa shape index (κ3) is 4.10. The van der Waals surface area contributed by atoms with E-state index >= 15 is 0 Å². The average molecular weight is 301 g/mol. The lowest BCUT2D eigenvalue weighted by Crippen LogP contribution is -2.52. The minimum Gasteiger partial charge on any atom is -0.392 e. The van der Waals surface area contributed by atoms with Gasteiger partial charge in [-0.1, -0.05) is 6.92 Å². The molecule has 2 aliphatic heterocycles. The van der Waals surface area contributed by atoms with Crippen LogP contribution in [0.15, 0.2) is 0 Å². The molecule has 2 aliphatic rings. The van der Waals surface area contributed by atoms with E-state index in [1.165, 1.54) is 0 Å². The molecule has 0 aromatic heterocycles. The van der Waals surface area contributed by atoms with E-state index < -0.39 is 0 Å². The lowest BCUT2D eigenvalue weighted by molar-refractivity contribution is -0.139. The summed E-state index contributed by atoms with van der Waals surface area (Å²) in [6.07, 6.45) is 0.477. The molecule has 7 heteroatoms. The van der Waals surface area contributed by atoms with Crippen LogP contribution in [0.2, 0.25) is 0 Å². The Morgan fingerprint density at radius 1 is 1.35 bits per heavy atom. The molecule has 1 N–H and O–H groups in total. The molecular formula is C13H23N3O3S. The van der Waals surface area contributed by atoms with Crippen LogP contribution >= 0.6 is 11.8 Å². The summed E-state index contributed by atoms with van der Waals surface area (Å²) in [5.74, 6) is 1.23. The standard InChI is InChI=1S/C13H23N3O3S/c1-2-11(17)7-14-3-5-15(6-4-14)12(18)8-16-10-20-9-13(16)19/h11,17H,2-10H2,1H3/t11-/m0/s1. The van der Waals surface area contributed by atoms with Gasteiger partial charge >= 0.3 is 0 Å². The number of piperazine rings is 1. The van der Waals surface area contributed by atoms with Crippen molar-refractivity contribution in [1.82, 2.24) is 14.7 Å². The van der Waals surface area contributed by atoms with E-state index in [-0.39, 0.29) is 24.5 Å². The monoisotopic (exact) mass is 301 g/mol. The van der Waals surface area contributed by atoms with Gasteiger partial charge in [-0.05, 0) is 6.42 Å². The molecule has 20 heavy (non-hydrogen) atoms. The summed E-state index contributed by atoms with van der Waals surface area (Å²) < 4.78 is 0. The largest absolute Gasteiger partial charge is 0.392 e. The first-order valence-corrected chi connectivity index (χ1v) is 8.29. The maximum Gasteiger partial charge on any atom is 0.242 e. The van der Waals surface area contributed by atoms with Gasteiger partial charge in [0, 0.05) is 32.7 Å². The van der Waals surface area contributed by atoms with E-state index in [1.807, 2.05) is 11.8 Å². The first-order valence-electron chi connectivity index (χ1n) is 7.14. The molecule has 0 bridgehead atoms. The molecule has 0 radical (unpaired) electrons. The predicted octanol–water partition coefficient (Wildman–Crippen LogP) is -0.566. The Hall–Kier alpha value is -0.790. The normalized spacial score (nSPS) is 22.4. The Kier molecular flexibility index (Phi) is 5.68. The zero-order valence-corrected chi connectivity index (χ0v) is 12.8. The number of hydrogen-bond acceptors (Lipinski definition) is 5. The van der Waals surface area contributed by atoms with Crippen molar-refractivity contribution in [2.45, 2.75) is 19.4 Å². The van der Waals surface area contributed by atoms with Crippen molar-refractivity contribution in [2.24, 2.45) is 0 Å². The van der Waals surface area contributed by atoms with Crippen molar-refractivity contribution in [1.29, 1.82) is 0 Å². The highest BCUT2D eigenvalue weighted by atomic mass is 32.2. The molecule has 114 valence electrons. The first kappa shape index (κ1) is 15.6. The summed E-state index contributed by atoms with van der Waals surface area (Å²) in [6, 6.07) is 0. The van der Waals surface area contributed by atoms with Crippen LogP contribution in [-0.2, 0) is 9.59 Å². The van der Waals surface area contributed by atoms with Crippen molar-refractivity contribution < 1.29 is 14.7 Å². The van der Waals surface area contributed by atoms with Gasteiger partial charge in [-0.3, -0.25) is 14.5 Å². The Balaban J connectivity index is 1.73. The maximum absolute atomic E-state index is 12.1. The molecule has 0 aromatic carbocycles. The summed E-state index contributed by atoms with van der Waals surface area (Å²) >= 11 is 1.56. The number of hydrogen-bond donors (Lipinski definition) is 1. The summed E-state index contributed by atoms with van der Waals surface area (Å²) in [5.41, 5.74) is 0. The number of nitrogens with zero attached hydrogens (tertiary/aromatic N) is 3. The van der Waals surface area contributed by atoms with Gasteiger partial charge in [0.1, 0.15) is 6.54 Å². The van der Waals surface area contributed by atoms with Crippen LogP contribution in [0.3, 0.4) is 0 Å². The maximum atomic E-state index is 12.1. The van der Waals surface area contributed by atoms with Crippen molar-refractivity contribution >= 4 is 23.6 Å². The van der Waals surface area contributed by atoms with Crippen LogP contribution in [0.4, 0.5) is 0 Å². The molecule has 2 rings (SSSR count). The second kappa shape index (κ2) is 7.28. The van der Waals surface area contributed by atoms with Gasteiger partial charge in [-0.2, -0.15) is 0 Å². The zero-order chi connectivity index (χ0) is 14.5. The lowest BCUT2D eigenvalue weighted by atomic mass is 10.2. The molecule has 6 nitrogen and oxygen atoms in total. The van der Waals surface area contributed by atoms with Gasteiger partial charge < -0.3 is 14.9 Å². The predicted molar refractivity (Wildman–Crippen MR) is 78.4 cm³/mol. The van der Waals surface area contributed by atoms with Crippen LogP contribution < -0.4 is 0 Å². The van der Waals surface area contributed by atoms with Gasteiger partial charge in [0.2, 0.25) is 11.8 Å². The summed E-state index contributed by atoms with van der Waals surface area (Å²) in [7, 11) is 0. The fourth-order valence-electron chi connectivity index (χ4n) is 2.41. The molecule has 2 amide bonds. The molecule has 0 spiro atoms. The highest BCUT2D eigenvalue weighted by Crippen LogP contribution is 2.15. The molecule has 2 saturated heterocycles. The van der Waals surface area contributed by atoms with Crippen LogP contribution in [0.5, 0.6) is 0 Å². The second-order valence-electron chi connectivity index (χ2n) is 5.31. The van der Waals surface area contributed by atoms with Crippen molar-refractivity contribution in [2.75, 3.05) is 50.9 Å². The number of aliphatic hydroxyl groups is 1. The number of β-amino-alcohol motifs (C(OH)–C–C–N with tert-alkyl or cyclic N) is 1. The number of rotatable bonds is 5. The van der Waals surface area contributed by atoms with E-state index in [1.54, 1.807) is 16.7 Å². The van der Waals surface area contributed by atoms with E-state index in [4.69, 9.17) is 0 Å². The molecule has 2 fully saturated rings. The van der Waals surface area contributed by atoms with Gasteiger partial charge in [-0.25, -0.2) is 0 Å². The van der Waals surface area contributed by atoms with Crippen molar-refractivity contribution in [3.05, 3.63) is 0 Å². The molecule has 0 saturated carbocycles. The van der Waals surface area contributed by atoms with Gasteiger partial charge in [0.25, 0.3) is 0 Å². The Morgan fingerprint density at radius 3 is 2.60 bits per heavy atom. The number of carbonyl (C=O) groups is 2. The molecule has 2 heterocycles. The SMILES string of the molecule is CC[C@H](O)CN1CCN(C(=O)CN2CSCC2=O)CC1. The number of thioether (sulfide) groups is 1. The average Bonchev–Trinajstić information content (AvgIpc) is 2.85. The van der Waals surface area contributed by atoms with Crippen molar-refractivity contribution in [3.63, 3.8) is 0 Å². The molecular weight excluding hydrogens is 278 g/mol. The lowest BCUT2D eigenvalue weighted by Gasteiger charge is -2.36. The van der Waals surface area contributed by atoms with Crippen LogP contribution in [0.25, 0.3) is 0 Å². The molecule has 0 unspecified atom stereocenters. The second-order valence-corrected chi connectivity index (χ2v) is 6.27. The minimum atomic E-state index is -0.281. The third-order valence-electron chi connectivity index (χ3n) is 3.82. The Labute approximate surface area is 124 Å². The quantitative estimate of drug-likeness (QED) is 0.737. The molecule has 1 atom stereocenters. The smallest absolute Gasteiger partial charge is 0.242 e. The molecule has 0 aromatic rings. The first-order chi connectivity index (χ1) is 9.60. The number of carbonyl (C=O) groups excluding carboxylic acids is 2. The van der Waals surface area contributed by atoms with Crippen molar-refractivity contribution in [3.8, 4) is 0 Å².